The summed E-state index contributed by atoms with van der Waals surface area (Å²) in [4.78, 5) is 13.0. The molecule has 1 heterocycles. The van der Waals surface area contributed by atoms with Crippen molar-refractivity contribution >= 4 is 5.91 Å². The van der Waals surface area contributed by atoms with E-state index in [1.54, 1.807) is 0 Å². The molecule has 0 spiro atoms. The van der Waals surface area contributed by atoms with Crippen LogP contribution in [0.2, 0.25) is 0 Å². The molecule has 0 radical (unpaired) electrons. The molecule has 1 aliphatic rings. The minimum atomic E-state index is -4.43. The second-order valence-electron chi connectivity index (χ2n) is 8.26. The Balaban J connectivity index is 1.88. The number of aromatic nitrogens is 1. The van der Waals surface area contributed by atoms with Gasteiger partial charge in [0.25, 0.3) is 5.91 Å². The lowest BCUT2D eigenvalue weighted by molar-refractivity contribution is -0.137. The van der Waals surface area contributed by atoms with Crippen LogP contribution < -0.4 is 10.6 Å². The average Bonchev–Trinajstić information content (AvgIpc) is 3.16. The van der Waals surface area contributed by atoms with Gasteiger partial charge in [-0.15, -0.1) is 0 Å². The fraction of sp³-hybridized carbons (Fsp3) is 0.545. The Morgan fingerprint density at radius 1 is 1.23 bits per heavy atom. The van der Waals surface area contributed by atoms with E-state index in [1.165, 1.54) is 12.1 Å². The van der Waals surface area contributed by atoms with Crippen LogP contribution in [0.25, 0.3) is 11.3 Å². The summed E-state index contributed by atoms with van der Waals surface area (Å²) < 4.78 is 44.1. The first-order chi connectivity index (χ1) is 14.7. The Labute approximate surface area is 179 Å². The molecule has 6 nitrogen and oxygen atoms in total. The number of alkyl halides is 3. The van der Waals surface area contributed by atoms with Crippen molar-refractivity contribution in [2.24, 2.45) is 5.92 Å². The Kier molecular flexibility index (Phi) is 7.38. The number of benzene rings is 1. The van der Waals surface area contributed by atoms with Gasteiger partial charge in [-0.25, -0.2) is 0 Å². The molecular formula is C22H28F3N3O3. The second-order valence-corrected chi connectivity index (χ2v) is 8.26. The van der Waals surface area contributed by atoms with Crippen molar-refractivity contribution in [3.63, 3.8) is 0 Å². The average molecular weight is 439 g/mol. The van der Waals surface area contributed by atoms with Crippen molar-refractivity contribution in [1.82, 2.24) is 15.8 Å². The van der Waals surface area contributed by atoms with E-state index in [2.05, 4.69) is 15.8 Å². The molecule has 9 heteroatoms. The minimum absolute atomic E-state index is 0.00231. The van der Waals surface area contributed by atoms with Gasteiger partial charge < -0.3 is 20.3 Å². The van der Waals surface area contributed by atoms with E-state index in [0.29, 0.717) is 11.1 Å². The van der Waals surface area contributed by atoms with Crippen molar-refractivity contribution in [3.05, 3.63) is 41.1 Å². The fourth-order valence-corrected chi connectivity index (χ4v) is 3.85. The molecule has 0 saturated heterocycles. The third-order valence-corrected chi connectivity index (χ3v) is 5.62. The number of hydrogen-bond donors (Lipinski definition) is 3. The SMILES string of the molecule is CC(C)NCc1c(C(=O)N[C@@H]2CCCC[C@@H]2CO)noc1-c1ccc(C(F)(F)F)cc1. The second kappa shape index (κ2) is 9.82. The van der Waals surface area contributed by atoms with Gasteiger partial charge in [-0.05, 0) is 25.0 Å². The lowest BCUT2D eigenvalue weighted by Gasteiger charge is -2.30. The highest BCUT2D eigenvalue weighted by atomic mass is 19.4. The van der Waals surface area contributed by atoms with Crippen LogP contribution in [0.15, 0.2) is 28.8 Å². The topological polar surface area (TPSA) is 87.4 Å². The molecule has 0 unspecified atom stereocenters. The number of aliphatic hydroxyl groups excluding tert-OH is 1. The molecule has 3 rings (SSSR count). The highest BCUT2D eigenvalue weighted by Gasteiger charge is 2.32. The normalized spacial score (nSPS) is 19.6. The summed E-state index contributed by atoms with van der Waals surface area (Å²) >= 11 is 0. The largest absolute Gasteiger partial charge is 0.416 e. The smallest absolute Gasteiger partial charge is 0.396 e. The molecule has 1 aromatic heterocycles. The third kappa shape index (κ3) is 5.65. The highest BCUT2D eigenvalue weighted by molar-refractivity contribution is 5.95. The number of aliphatic hydroxyl groups is 1. The van der Waals surface area contributed by atoms with Crippen LogP contribution in [-0.2, 0) is 12.7 Å². The van der Waals surface area contributed by atoms with Crippen LogP contribution in [0.3, 0.4) is 0 Å². The van der Waals surface area contributed by atoms with E-state index in [1.807, 2.05) is 13.8 Å². The Morgan fingerprint density at radius 2 is 1.90 bits per heavy atom. The van der Waals surface area contributed by atoms with Crippen molar-refractivity contribution in [3.8, 4) is 11.3 Å². The lowest BCUT2D eigenvalue weighted by Crippen LogP contribution is -2.43. The monoisotopic (exact) mass is 439 g/mol. The predicted octanol–water partition coefficient (Wildman–Crippen LogP) is 4.14. The molecule has 2 aromatic rings. The Morgan fingerprint density at radius 3 is 2.52 bits per heavy atom. The third-order valence-electron chi connectivity index (χ3n) is 5.62. The van der Waals surface area contributed by atoms with Crippen LogP contribution in [0.5, 0.6) is 0 Å². The van der Waals surface area contributed by atoms with Crippen LogP contribution in [0.1, 0.15) is 61.1 Å². The summed E-state index contributed by atoms with van der Waals surface area (Å²) in [6.45, 7) is 4.16. The van der Waals surface area contributed by atoms with E-state index >= 15 is 0 Å². The van der Waals surface area contributed by atoms with Gasteiger partial charge in [-0.3, -0.25) is 4.79 Å². The Bertz CT molecular complexity index is 878. The van der Waals surface area contributed by atoms with Gasteiger partial charge >= 0.3 is 6.18 Å². The zero-order chi connectivity index (χ0) is 22.6. The van der Waals surface area contributed by atoms with Crippen LogP contribution >= 0.6 is 0 Å². The van der Waals surface area contributed by atoms with Gasteiger partial charge in [-0.2, -0.15) is 13.2 Å². The first-order valence-electron chi connectivity index (χ1n) is 10.5. The molecule has 3 N–H and O–H groups in total. The van der Waals surface area contributed by atoms with Crippen molar-refractivity contribution in [2.45, 2.75) is 64.3 Å². The summed E-state index contributed by atoms with van der Waals surface area (Å²) in [5, 5.41) is 19.7. The number of nitrogens with one attached hydrogen (secondary N) is 2. The molecule has 1 aliphatic carbocycles. The quantitative estimate of drug-likeness (QED) is 0.604. The number of rotatable bonds is 7. The van der Waals surface area contributed by atoms with Crippen molar-refractivity contribution in [1.29, 1.82) is 0 Å². The number of hydrogen-bond acceptors (Lipinski definition) is 5. The van der Waals surface area contributed by atoms with Gasteiger partial charge in [0.2, 0.25) is 0 Å². The van der Waals surface area contributed by atoms with E-state index in [9.17, 15) is 23.1 Å². The van der Waals surface area contributed by atoms with Gasteiger partial charge in [-0.1, -0.05) is 44.0 Å². The first-order valence-corrected chi connectivity index (χ1v) is 10.5. The summed E-state index contributed by atoms with van der Waals surface area (Å²) in [6, 6.07) is 4.54. The van der Waals surface area contributed by atoms with Crippen molar-refractivity contribution < 1.29 is 27.6 Å². The minimum Gasteiger partial charge on any atom is -0.396 e. The lowest BCUT2D eigenvalue weighted by atomic mass is 9.85. The summed E-state index contributed by atoms with van der Waals surface area (Å²) in [6.07, 6.45) is -0.822. The molecule has 0 aliphatic heterocycles. The van der Waals surface area contributed by atoms with Gasteiger partial charge in [0, 0.05) is 42.3 Å². The van der Waals surface area contributed by atoms with Crippen LogP contribution in [0.4, 0.5) is 13.2 Å². The molecule has 1 saturated carbocycles. The van der Waals surface area contributed by atoms with Crippen LogP contribution in [-0.4, -0.2) is 34.9 Å². The van der Waals surface area contributed by atoms with E-state index < -0.39 is 17.6 Å². The molecule has 2 atom stereocenters. The summed E-state index contributed by atoms with van der Waals surface area (Å²) in [7, 11) is 0. The number of carbonyl (C=O) groups is 1. The zero-order valence-electron chi connectivity index (χ0n) is 17.6. The molecule has 0 bridgehead atoms. The maximum absolute atomic E-state index is 13.0. The molecule has 31 heavy (non-hydrogen) atoms. The van der Waals surface area contributed by atoms with Gasteiger partial charge in [0.05, 0.1) is 5.56 Å². The van der Waals surface area contributed by atoms with Crippen molar-refractivity contribution in [2.75, 3.05) is 6.61 Å². The predicted molar refractivity (Wildman–Crippen MR) is 109 cm³/mol. The highest BCUT2D eigenvalue weighted by Crippen LogP contribution is 2.33. The molecule has 1 aromatic carbocycles. The number of amides is 1. The maximum atomic E-state index is 13.0. The summed E-state index contributed by atoms with van der Waals surface area (Å²) in [5.74, 6) is -0.154. The van der Waals surface area contributed by atoms with E-state index in [4.69, 9.17) is 4.52 Å². The number of nitrogens with zero attached hydrogens (tertiary/aromatic N) is 1. The van der Waals surface area contributed by atoms with Gasteiger partial charge in [0.1, 0.15) is 0 Å². The molecule has 1 fully saturated rings. The number of carbonyl (C=O) groups excluding carboxylic acids is 1. The number of halogens is 3. The fourth-order valence-electron chi connectivity index (χ4n) is 3.85. The van der Waals surface area contributed by atoms with Gasteiger partial charge in [0.15, 0.2) is 11.5 Å². The van der Waals surface area contributed by atoms with E-state index in [0.717, 1.165) is 37.8 Å². The first kappa shape index (κ1) is 23.3. The van der Waals surface area contributed by atoms with E-state index in [-0.39, 0.29) is 42.6 Å². The molecule has 170 valence electrons. The van der Waals surface area contributed by atoms with Crippen LogP contribution in [0, 0.1) is 5.92 Å². The molecular weight excluding hydrogens is 411 g/mol. The standard InChI is InChI=1S/C22H28F3N3O3/c1-13(2)26-11-17-19(21(30)27-18-6-4-3-5-15(18)12-29)28-31-20(17)14-7-9-16(10-8-14)22(23,24)25/h7-10,13,15,18,26,29H,3-6,11-12H2,1-2H3,(H,27,30)/t15-,18-/m1/s1. The molecule has 1 amide bonds. The Hall–Kier alpha value is -2.39. The summed E-state index contributed by atoms with van der Waals surface area (Å²) in [5.41, 5.74) is 0.238. The zero-order valence-corrected chi connectivity index (χ0v) is 17.6. The maximum Gasteiger partial charge on any atom is 0.416 e.